The van der Waals surface area contributed by atoms with E-state index in [1.807, 2.05) is 18.5 Å². The minimum absolute atomic E-state index is 0.265. The largest absolute Gasteiger partial charge is 0.462 e. The van der Waals surface area contributed by atoms with Gasteiger partial charge in [-0.3, -0.25) is 4.68 Å². The Labute approximate surface area is 103 Å². The third kappa shape index (κ3) is 2.50. The summed E-state index contributed by atoms with van der Waals surface area (Å²) in [5, 5.41) is 4.31. The SMILES string of the molecule is CCOC(=O)c1c(I)nn(CC)c1CC. The predicted octanol–water partition coefficient (Wildman–Crippen LogP) is 2.25. The van der Waals surface area contributed by atoms with Crippen molar-refractivity contribution >= 4 is 28.6 Å². The van der Waals surface area contributed by atoms with Crippen LogP contribution in [0.5, 0.6) is 0 Å². The van der Waals surface area contributed by atoms with Gasteiger partial charge in [0.1, 0.15) is 9.26 Å². The summed E-state index contributed by atoms with van der Waals surface area (Å²) in [4.78, 5) is 11.7. The van der Waals surface area contributed by atoms with E-state index in [1.165, 1.54) is 0 Å². The fraction of sp³-hybridized carbons (Fsp3) is 0.600. The number of esters is 1. The molecule has 84 valence electrons. The lowest BCUT2D eigenvalue weighted by Gasteiger charge is -2.04. The van der Waals surface area contributed by atoms with Crippen molar-refractivity contribution in [2.45, 2.75) is 33.7 Å². The van der Waals surface area contributed by atoms with Crippen LogP contribution >= 0.6 is 22.6 Å². The number of ether oxygens (including phenoxy) is 1. The summed E-state index contributed by atoms with van der Waals surface area (Å²) in [6.45, 7) is 7.01. The van der Waals surface area contributed by atoms with Gasteiger partial charge in [0.15, 0.2) is 0 Å². The van der Waals surface area contributed by atoms with Crippen LogP contribution < -0.4 is 0 Å². The molecule has 0 fully saturated rings. The zero-order valence-electron chi connectivity index (χ0n) is 9.21. The van der Waals surface area contributed by atoms with Gasteiger partial charge in [0, 0.05) is 6.54 Å². The molecule has 0 radical (unpaired) electrons. The Bertz CT molecular complexity index is 361. The van der Waals surface area contributed by atoms with E-state index in [4.69, 9.17) is 4.74 Å². The fourth-order valence-corrected chi connectivity index (χ4v) is 2.28. The van der Waals surface area contributed by atoms with Crippen LogP contribution in [0.3, 0.4) is 0 Å². The van der Waals surface area contributed by atoms with Gasteiger partial charge in [-0.15, -0.1) is 0 Å². The van der Waals surface area contributed by atoms with Crippen LogP contribution in [0.1, 0.15) is 36.8 Å². The lowest BCUT2D eigenvalue weighted by Crippen LogP contribution is -2.09. The number of halogens is 1. The molecule has 0 amide bonds. The van der Waals surface area contributed by atoms with Gasteiger partial charge in [-0.05, 0) is 42.9 Å². The fourth-order valence-electron chi connectivity index (χ4n) is 1.49. The van der Waals surface area contributed by atoms with Crippen molar-refractivity contribution in [3.63, 3.8) is 0 Å². The Hall–Kier alpha value is -0.590. The highest BCUT2D eigenvalue weighted by Crippen LogP contribution is 2.18. The van der Waals surface area contributed by atoms with Gasteiger partial charge in [-0.25, -0.2) is 4.79 Å². The number of aryl methyl sites for hydroxylation is 1. The molecule has 4 nitrogen and oxygen atoms in total. The van der Waals surface area contributed by atoms with Crippen LogP contribution in [0, 0.1) is 3.70 Å². The van der Waals surface area contributed by atoms with Crippen LogP contribution in [0.15, 0.2) is 0 Å². The predicted molar refractivity (Wildman–Crippen MR) is 66.0 cm³/mol. The number of aromatic nitrogens is 2. The molecule has 1 aromatic heterocycles. The van der Waals surface area contributed by atoms with E-state index < -0.39 is 0 Å². The monoisotopic (exact) mass is 322 g/mol. The van der Waals surface area contributed by atoms with E-state index in [2.05, 4.69) is 27.7 Å². The normalized spacial score (nSPS) is 10.4. The van der Waals surface area contributed by atoms with Gasteiger partial charge >= 0.3 is 5.97 Å². The summed E-state index contributed by atoms with van der Waals surface area (Å²) in [6.07, 6.45) is 0.790. The van der Waals surface area contributed by atoms with Gasteiger partial charge in [0.2, 0.25) is 0 Å². The Balaban J connectivity index is 3.15. The summed E-state index contributed by atoms with van der Waals surface area (Å²) >= 11 is 2.08. The van der Waals surface area contributed by atoms with E-state index in [-0.39, 0.29) is 5.97 Å². The maximum Gasteiger partial charge on any atom is 0.342 e. The third-order valence-corrected chi connectivity index (χ3v) is 2.88. The highest BCUT2D eigenvalue weighted by Gasteiger charge is 2.21. The van der Waals surface area contributed by atoms with Crippen LogP contribution in [0.2, 0.25) is 0 Å². The minimum atomic E-state index is -0.265. The maximum absolute atomic E-state index is 11.7. The lowest BCUT2D eigenvalue weighted by atomic mass is 10.2. The number of hydrogen-bond acceptors (Lipinski definition) is 3. The molecule has 0 aromatic carbocycles. The molecule has 15 heavy (non-hydrogen) atoms. The van der Waals surface area contributed by atoms with Crippen molar-refractivity contribution < 1.29 is 9.53 Å². The molecule has 0 spiro atoms. The van der Waals surface area contributed by atoms with E-state index >= 15 is 0 Å². The number of hydrogen-bond donors (Lipinski definition) is 0. The molecule has 5 heteroatoms. The molecule has 0 N–H and O–H groups in total. The number of carbonyl (C=O) groups excluding carboxylic acids is 1. The zero-order chi connectivity index (χ0) is 11.4. The van der Waals surface area contributed by atoms with Crippen molar-refractivity contribution in [2.24, 2.45) is 0 Å². The first kappa shape index (κ1) is 12.5. The van der Waals surface area contributed by atoms with Crippen LogP contribution in [-0.2, 0) is 17.7 Å². The van der Waals surface area contributed by atoms with Gasteiger partial charge in [-0.1, -0.05) is 6.92 Å². The third-order valence-electron chi connectivity index (χ3n) is 2.13. The molecule has 0 unspecified atom stereocenters. The summed E-state index contributed by atoms with van der Waals surface area (Å²) in [7, 11) is 0. The van der Waals surface area contributed by atoms with Crippen LogP contribution in [-0.4, -0.2) is 22.4 Å². The maximum atomic E-state index is 11.7. The Kier molecular flexibility index (Phi) is 4.56. The smallest absolute Gasteiger partial charge is 0.342 e. The molecule has 1 aromatic rings. The molecule has 0 saturated carbocycles. The lowest BCUT2D eigenvalue weighted by molar-refractivity contribution is 0.0523. The molecule has 1 heterocycles. The first-order valence-electron chi connectivity index (χ1n) is 5.07. The molecule has 0 saturated heterocycles. The summed E-state index contributed by atoms with van der Waals surface area (Å²) < 4.78 is 7.59. The second-order valence-corrected chi connectivity index (χ2v) is 4.02. The molecule has 0 aliphatic carbocycles. The van der Waals surface area contributed by atoms with E-state index in [1.54, 1.807) is 6.92 Å². The zero-order valence-corrected chi connectivity index (χ0v) is 11.4. The first-order valence-corrected chi connectivity index (χ1v) is 6.15. The topological polar surface area (TPSA) is 44.1 Å². The minimum Gasteiger partial charge on any atom is -0.462 e. The van der Waals surface area contributed by atoms with Gasteiger partial charge in [0.25, 0.3) is 0 Å². The summed E-state index contributed by atoms with van der Waals surface area (Å²) in [5.41, 5.74) is 1.59. The van der Waals surface area contributed by atoms with Crippen LogP contribution in [0.4, 0.5) is 0 Å². The van der Waals surface area contributed by atoms with Crippen molar-refractivity contribution in [2.75, 3.05) is 6.61 Å². The van der Waals surface area contributed by atoms with Gasteiger partial charge in [-0.2, -0.15) is 5.10 Å². The molecule has 0 bridgehead atoms. The molecule has 0 aliphatic heterocycles. The van der Waals surface area contributed by atoms with E-state index in [9.17, 15) is 4.79 Å². The number of rotatable bonds is 4. The van der Waals surface area contributed by atoms with Crippen LogP contribution in [0.25, 0.3) is 0 Å². The molecule has 0 aliphatic rings. The highest BCUT2D eigenvalue weighted by molar-refractivity contribution is 14.1. The van der Waals surface area contributed by atoms with Gasteiger partial charge < -0.3 is 4.74 Å². The Morgan fingerprint density at radius 3 is 2.60 bits per heavy atom. The quantitative estimate of drug-likeness (QED) is 0.631. The second-order valence-electron chi connectivity index (χ2n) is 3.00. The Morgan fingerprint density at radius 1 is 1.47 bits per heavy atom. The Morgan fingerprint density at radius 2 is 2.13 bits per heavy atom. The second kappa shape index (κ2) is 5.48. The summed E-state index contributed by atoms with van der Waals surface area (Å²) in [5.74, 6) is -0.265. The number of nitrogens with zero attached hydrogens (tertiary/aromatic N) is 2. The van der Waals surface area contributed by atoms with Crippen molar-refractivity contribution in [3.8, 4) is 0 Å². The van der Waals surface area contributed by atoms with Gasteiger partial charge in [0.05, 0.1) is 12.3 Å². The number of carbonyl (C=O) groups is 1. The van der Waals surface area contributed by atoms with E-state index in [0.29, 0.717) is 12.2 Å². The average molecular weight is 322 g/mol. The van der Waals surface area contributed by atoms with Crippen molar-refractivity contribution in [3.05, 3.63) is 15.0 Å². The molecular formula is C10H15IN2O2. The van der Waals surface area contributed by atoms with Crippen molar-refractivity contribution in [1.82, 2.24) is 9.78 Å². The highest BCUT2D eigenvalue weighted by atomic mass is 127. The van der Waals surface area contributed by atoms with Crippen molar-refractivity contribution in [1.29, 1.82) is 0 Å². The molecule has 1 rings (SSSR count). The van der Waals surface area contributed by atoms with E-state index in [0.717, 1.165) is 22.4 Å². The molecular weight excluding hydrogens is 307 g/mol. The average Bonchev–Trinajstić information content (AvgIpc) is 2.54. The standard InChI is InChI=1S/C10H15IN2O2/c1-4-7-8(10(14)15-6-3)9(11)12-13(7)5-2/h4-6H2,1-3H3. The molecule has 0 atom stereocenters. The summed E-state index contributed by atoms with van der Waals surface area (Å²) in [6, 6.07) is 0. The first-order chi connectivity index (χ1) is 7.15.